The first-order valence-corrected chi connectivity index (χ1v) is 6.34. The maximum Gasteiger partial charge on any atom is 0.326 e. The van der Waals surface area contributed by atoms with Crippen molar-refractivity contribution in [3.8, 4) is 0 Å². The van der Waals surface area contributed by atoms with Crippen molar-refractivity contribution >= 4 is 23.5 Å². The van der Waals surface area contributed by atoms with Gasteiger partial charge in [-0.1, -0.05) is 6.07 Å². The lowest BCUT2D eigenvalue weighted by Crippen LogP contribution is -2.41. The Labute approximate surface area is 122 Å². The Hall–Kier alpha value is -2.57. The first-order valence-electron chi connectivity index (χ1n) is 6.34. The molecule has 1 aromatic carbocycles. The number of rotatable bonds is 7. The van der Waals surface area contributed by atoms with Gasteiger partial charge in [-0.3, -0.25) is 9.59 Å². The summed E-state index contributed by atoms with van der Waals surface area (Å²) in [6.45, 7) is 0. The van der Waals surface area contributed by atoms with Crippen molar-refractivity contribution in [2.75, 3.05) is 19.0 Å². The summed E-state index contributed by atoms with van der Waals surface area (Å²) in [6, 6.07) is 5.48. The summed E-state index contributed by atoms with van der Waals surface area (Å²) < 4.78 is 0. The fraction of sp³-hybridized carbons (Fsp3) is 0.357. The second-order valence-corrected chi connectivity index (χ2v) is 4.74. The van der Waals surface area contributed by atoms with E-state index in [0.29, 0.717) is 5.56 Å². The molecule has 7 heteroatoms. The molecule has 1 rings (SSSR count). The van der Waals surface area contributed by atoms with Crippen LogP contribution in [0.4, 0.5) is 5.69 Å². The van der Waals surface area contributed by atoms with Crippen molar-refractivity contribution in [2.45, 2.75) is 18.9 Å². The number of carbonyl (C=O) groups excluding carboxylic acids is 1. The van der Waals surface area contributed by atoms with Crippen molar-refractivity contribution in [3.05, 3.63) is 29.8 Å². The first-order chi connectivity index (χ1) is 9.81. The molecule has 0 aliphatic heterocycles. The largest absolute Gasteiger partial charge is 0.481 e. The van der Waals surface area contributed by atoms with Crippen LogP contribution in [0.1, 0.15) is 23.2 Å². The van der Waals surface area contributed by atoms with E-state index < -0.39 is 23.9 Å². The molecule has 114 valence electrons. The number of hydrogen-bond donors (Lipinski definition) is 3. The number of carboxylic acid groups (broad SMARTS) is 2. The molecule has 0 fully saturated rings. The van der Waals surface area contributed by atoms with E-state index in [9.17, 15) is 14.4 Å². The molecule has 7 nitrogen and oxygen atoms in total. The van der Waals surface area contributed by atoms with E-state index in [1.54, 1.807) is 18.2 Å². The highest BCUT2D eigenvalue weighted by Gasteiger charge is 2.21. The van der Waals surface area contributed by atoms with Gasteiger partial charge in [0.25, 0.3) is 5.91 Å². The van der Waals surface area contributed by atoms with Crippen LogP contribution in [0.15, 0.2) is 24.3 Å². The van der Waals surface area contributed by atoms with E-state index in [1.807, 2.05) is 25.1 Å². The highest BCUT2D eigenvalue weighted by atomic mass is 16.4. The SMILES string of the molecule is CN(C)c1cccc(C(=O)NC(CCC(=O)O)C(=O)O)c1. The van der Waals surface area contributed by atoms with Gasteiger partial charge in [0.1, 0.15) is 6.04 Å². The number of carbonyl (C=O) groups is 3. The van der Waals surface area contributed by atoms with E-state index in [-0.39, 0.29) is 12.8 Å². The summed E-state index contributed by atoms with van der Waals surface area (Å²) in [5.74, 6) is -2.91. The van der Waals surface area contributed by atoms with Crippen molar-refractivity contribution in [1.82, 2.24) is 5.32 Å². The predicted molar refractivity (Wildman–Crippen MR) is 76.5 cm³/mol. The van der Waals surface area contributed by atoms with Crippen LogP contribution in [-0.2, 0) is 9.59 Å². The van der Waals surface area contributed by atoms with Gasteiger partial charge in [-0.25, -0.2) is 4.79 Å². The second-order valence-electron chi connectivity index (χ2n) is 4.74. The first kappa shape index (κ1) is 16.5. The summed E-state index contributed by atoms with van der Waals surface area (Å²) in [6.07, 6.45) is -0.487. The maximum absolute atomic E-state index is 12.0. The number of carboxylic acids is 2. The second kappa shape index (κ2) is 7.28. The number of anilines is 1. The van der Waals surface area contributed by atoms with Gasteiger partial charge in [-0.15, -0.1) is 0 Å². The Morgan fingerprint density at radius 3 is 2.43 bits per heavy atom. The van der Waals surface area contributed by atoms with Gasteiger partial charge in [0.2, 0.25) is 0 Å². The minimum Gasteiger partial charge on any atom is -0.481 e. The zero-order chi connectivity index (χ0) is 16.0. The zero-order valence-corrected chi connectivity index (χ0v) is 11.9. The van der Waals surface area contributed by atoms with Crippen LogP contribution in [0.3, 0.4) is 0 Å². The topological polar surface area (TPSA) is 107 Å². The number of nitrogens with one attached hydrogen (secondary N) is 1. The lowest BCUT2D eigenvalue weighted by molar-refractivity contribution is -0.140. The van der Waals surface area contributed by atoms with Gasteiger partial charge in [-0.05, 0) is 24.6 Å². The maximum atomic E-state index is 12.0. The predicted octanol–water partition coefficient (Wildman–Crippen LogP) is 0.800. The molecule has 0 aliphatic carbocycles. The molecule has 1 amide bonds. The van der Waals surface area contributed by atoms with E-state index in [1.165, 1.54) is 0 Å². The molecule has 0 saturated carbocycles. The van der Waals surface area contributed by atoms with Crippen LogP contribution >= 0.6 is 0 Å². The standard InChI is InChI=1S/C14H18N2O5/c1-16(2)10-5-3-4-9(8-10)13(19)15-11(14(20)21)6-7-12(17)18/h3-5,8,11H,6-7H2,1-2H3,(H,15,19)(H,17,18)(H,20,21). The number of aliphatic carboxylic acids is 2. The Kier molecular flexibility index (Phi) is 5.71. The third kappa shape index (κ3) is 5.13. The normalized spacial score (nSPS) is 11.5. The molecular weight excluding hydrogens is 276 g/mol. The third-order valence-corrected chi connectivity index (χ3v) is 2.88. The zero-order valence-electron chi connectivity index (χ0n) is 11.9. The van der Waals surface area contributed by atoms with Crippen LogP contribution < -0.4 is 10.2 Å². The van der Waals surface area contributed by atoms with E-state index in [0.717, 1.165) is 5.69 Å². The average molecular weight is 294 g/mol. The van der Waals surface area contributed by atoms with Gasteiger partial charge in [-0.2, -0.15) is 0 Å². The van der Waals surface area contributed by atoms with Crippen molar-refractivity contribution in [3.63, 3.8) is 0 Å². The summed E-state index contributed by atoms with van der Waals surface area (Å²) in [4.78, 5) is 35.4. The smallest absolute Gasteiger partial charge is 0.326 e. The molecule has 0 radical (unpaired) electrons. The molecule has 0 heterocycles. The molecule has 1 aromatic rings. The van der Waals surface area contributed by atoms with Gasteiger partial charge in [0.15, 0.2) is 0 Å². The van der Waals surface area contributed by atoms with Crippen molar-refractivity contribution in [1.29, 1.82) is 0 Å². The van der Waals surface area contributed by atoms with E-state index in [4.69, 9.17) is 10.2 Å². The Morgan fingerprint density at radius 2 is 1.90 bits per heavy atom. The molecular formula is C14H18N2O5. The summed E-state index contributed by atoms with van der Waals surface area (Å²) >= 11 is 0. The van der Waals surface area contributed by atoms with Gasteiger partial charge >= 0.3 is 11.9 Å². The Bertz CT molecular complexity index is 542. The van der Waals surface area contributed by atoms with Crippen LogP contribution in [0.5, 0.6) is 0 Å². The monoisotopic (exact) mass is 294 g/mol. The van der Waals surface area contributed by atoms with Gasteiger partial charge < -0.3 is 20.4 Å². The summed E-state index contributed by atoms with van der Waals surface area (Å²) in [5, 5.41) is 19.9. The Morgan fingerprint density at radius 1 is 1.24 bits per heavy atom. The van der Waals surface area contributed by atoms with E-state index >= 15 is 0 Å². The highest BCUT2D eigenvalue weighted by molar-refractivity contribution is 5.97. The third-order valence-electron chi connectivity index (χ3n) is 2.88. The lowest BCUT2D eigenvalue weighted by Gasteiger charge is -2.16. The molecule has 3 N–H and O–H groups in total. The quantitative estimate of drug-likeness (QED) is 0.686. The lowest BCUT2D eigenvalue weighted by atomic mass is 10.1. The molecule has 1 atom stereocenters. The number of benzene rings is 1. The summed E-state index contributed by atoms with van der Waals surface area (Å²) in [5.41, 5.74) is 1.13. The number of hydrogen-bond acceptors (Lipinski definition) is 4. The molecule has 21 heavy (non-hydrogen) atoms. The highest BCUT2D eigenvalue weighted by Crippen LogP contribution is 2.13. The van der Waals surface area contributed by atoms with Crippen LogP contribution in [0.2, 0.25) is 0 Å². The Balaban J connectivity index is 2.79. The van der Waals surface area contributed by atoms with Crippen molar-refractivity contribution in [2.24, 2.45) is 0 Å². The molecule has 0 aliphatic rings. The fourth-order valence-corrected chi connectivity index (χ4v) is 1.69. The van der Waals surface area contributed by atoms with E-state index in [2.05, 4.69) is 5.32 Å². The minimum absolute atomic E-state index is 0.163. The number of nitrogens with zero attached hydrogens (tertiary/aromatic N) is 1. The summed E-state index contributed by atoms with van der Waals surface area (Å²) in [7, 11) is 3.65. The van der Waals surface area contributed by atoms with Crippen LogP contribution in [0.25, 0.3) is 0 Å². The molecule has 0 aromatic heterocycles. The average Bonchev–Trinajstić information content (AvgIpc) is 2.42. The molecule has 0 bridgehead atoms. The van der Waals surface area contributed by atoms with Gasteiger partial charge in [0.05, 0.1) is 0 Å². The van der Waals surface area contributed by atoms with Crippen LogP contribution in [-0.4, -0.2) is 48.2 Å². The molecule has 1 unspecified atom stereocenters. The molecule has 0 spiro atoms. The van der Waals surface area contributed by atoms with Crippen molar-refractivity contribution < 1.29 is 24.6 Å². The molecule has 0 saturated heterocycles. The fourth-order valence-electron chi connectivity index (χ4n) is 1.69. The van der Waals surface area contributed by atoms with Crippen LogP contribution in [0, 0.1) is 0 Å². The van der Waals surface area contributed by atoms with Gasteiger partial charge in [0, 0.05) is 31.8 Å². The number of amides is 1. The minimum atomic E-state index is -1.26.